The highest BCUT2D eigenvalue weighted by Gasteiger charge is 2.47. The minimum atomic E-state index is -5.74. The van der Waals surface area contributed by atoms with Crippen molar-refractivity contribution in [2.75, 3.05) is 6.61 Å². The standard InChI is InChI=1S/C8H14N3O15P3/c12-4-1-9-11(8(15)10-4)7-6(14)5(13)3(24-7)2-23-28(19,20)26-29(21,22)25-27(16,17)18/h1,3,5-7,13-14H,2H2,(H,19,20)(H,21,22)(H,10,12,15)(H2,16,17,18)/t3-,5?,6?,7-/m0/s1. The van der Waals surface area contributed by atoms with Gasteiger partial charge in [-0.15, -0.1) is 0 Å². The maximum Gasteiger partial charge on any atom is 0.490 e. The number of aliphatic hydroxyl groups is 2. The summed E-state index contributed by atoms with van der Waals surface area (Å²) in [6, 6.07) is 0. The fourth-order valence-electron chi connectivity index (χ4n) is 2.08. The van der Waals surface area contributed by atoms with Crippen LogP contribution in [0.2, 0.25) is 0 Å². The summed E-state index contributed by atoms with van der Waals surface area (Å²) in [4.78, 5) is 59.7. The molecule has 0 bridgehead atoms. The van der Waals surface area contributed by atoms with E-state index in [1.807, 2.05) is 4.98 Å². The summed E-state index contributed by atoms with van der Waals surface area (Å²) in [6.07, 6.45) is -6.23. The number of hydrogen-bond donors (Lipinski definition) is 7. The number of rotatable bonds is 8. The van der Waals surface area contributed by atoms with Crippen LogP contribution in [0.1, 0.15) is 6.23 Å². The minimum absolute atomic E-state index is 0.458. The molecule has 2 heterocycles. The second-order valence-electron chi connectivity index (χ2n) is 5.32. The summed E-state index contributed by atoms with van der Waals surface area (Å²) in [5, 5.41) is 23.3. The zero-order valence-corrected chi connectivity index (χ0v) is 16.4. The van der Waals surface area contributed by atoms with Crippen molar-refractivity contribution in [2.45, 2.75) is 24.5 Å². The number of nitrogens with zero attached hydrogens (tertiary/aromatic N) is 2. The van der Waals surface area contributed by atoms with Gasteiger partial charge in [0.05, 0.1) is 6.61 Å². The van der Waals surface area contributed by atoms with E-state index in [1.165, 1.54) is 0 Å². The molecular weight excluding hydrogens is 471 g/mol. The van der Waals surface area contributed by atoms with Crippen molar-refractivity contribution in [3.63, 3.8) is 0 Å². The zero-order valence-electron chi connectivity index (χ0n) is 13.7. The number of aromatic amines is 1. The Morgan fingerprint density at radius 1 is 1.07 bits per heavy atom. The molecule has 18 nitrogen and oxygen atoms in total. The van der Waals surface area contributed by atoms with E-state index in [4.69, 9.17) is 19.4 Å². The lowest BCUT2D eigenvalue weighted by atomic mass is 10.1. The molecule has 2 rings (SSSR count). The molecule has 6 atom stereocenters. The number of aromatic nitrogens is 3. The molecule has 7 N–H and O–H groups in total. The lowest BCUT2D eigenvalue weighted by molar-refractivity contribution is -0.0610. The first kappa shape index (κ1) is 24.2. The average molecular weight is 485 g/mol. The first-order chi connectivity index (χ1) is 13.1. The molecule has 1 fully saturated rings. The van der Waals surface area contributed by atoms with Crippen LogP contribution in [0.4, 0.5) is 0 Å². The zero-order chi connectivity index (χ0) is 22.2. The lowest BCUT2D eigenvalue weighted by Crippen LogP contribution is -2.39. The van der Waals surface area contributed by atoms with E-state index >= 15 is 0 Å². The van der Waals surface area contributed by atoms with Crippen molar-refractivity contribution in [1.82, 2.24) is 14.8 Å². The van der Waals surface area contributed by atoms with E-state index in [1.54, 1.807) is 0 Å². The Hall–Kier alpha value is -1.10. The van der Waals surface area contributed by atoms with Crippen LogP contribution in [0.5, 0.6) is 0 Å². The second kappa shape index (κ2) is 8.56. The minimum Gasteiger partial charge on any atom is -0.387 e. The monoisotopic (exact) mass is 485 g/mol. The molecule has 0 aliphatic carbocycles. The van der Waals surface area contributed by atoms with Gasteiger partial charge < -0.3 is 34.5 Å². The highest BCUT2D eigenvalue weighted by atomic mass is 31.3. The molecular formula is C8H14N3O15P3. The summed E-state index contributed by atoms with van der Waals surface area (Å²) in [7, 11) is -16.8. The van der Waals surface area contributed by atoms with Gasteiger partial charge in [-0.3, -0.25) is 14.3 Å². The van der Waals surface area contributed by atoms with Gasteiger partial charge in [0, 0.05) is 0 Å². The fraction of sp³-hybridized carbons (Fsp3) is 0.625. The maximum atomic E-state index is 11.7. The van der Waals surface area contributed by atoms with Gasteiger partial charge in [0.2, 0.25) is 0 Å². The van der Waals surface area contributed by atoms with Crippen molar-refractivity contribution in [1.29, 1.82) is 0 Å². The van der Waals surface area contributed by atoms with Gasteiger partial charge in [0.1, 0.15) is 24.5 Å². The van der Waals surface area contributed by atoms with Crippen LogP contribution in [0.25, 0.3) is 0 Å². The molecule has 0 saturated carbocycles. The molecule has 21 heteroatoms. The quantitative estimate of drug-likeness (QED) is 0.179. The molecule has 0 spiro atoms. The van der Waals surface area contributed by atoms with Gasteiger partial charge in [0.15, 0.2) is 6.23 Å². The van der Waals surface area contributed by atoms with Gasteiger partial charge >= 0.3 is 29.2 Å². The highest BCUT2D eigenvalue weighted by Crippen LogP contribution is 2.66. The summed E-state index contributed by atoms with van der Waals surface area (Å²) in [5.41, 5.74) is -1.97. The summed E-state index contributed by atoms with van der Waals surface area (Å²) >= 11 is 0. The first-order valence-electron chi connectivity index (χ1n) is 7.08. The van der Waals surface area contributed by atoms with Gasteiger partial charge in [-0.25, -0.2) is 18.5 Å². The third kappa shape index (κ3) is 6.70. The Morgan fingerprint density at radius 2 is 1.69 bits per heavy atom. The van der Waals surface area contributed by atoms with Crippen molar-refractivity contribution in [2.24, 2.45) is 0 Å². The maximum absolute atomic E-state index is 11.7. The van der Waals surface area contributed by atoms with Crippen molar-refractivity contribution in [3.8, 4) is 0 Å². The molecule has 1 aromatic rings. The number of aliphatic hydroxyl groups excluding tert-OH is 2. The van der Waals surface area contributed by atoms with E-state index in [0.717, 1.165) is 0 Å². The van der Waals surface area contributed by atoms with E-state index < -0.39 is 65.9 Å². The average Bonchev–Trinajstić information content (AvgIpc) is 2.78. The topological polar surface area (TPSA) is 277 Å². The largest absolute Gasteiger partial charge is 0.490 e. The summed E-state index contributed by atoms with van der Waals surface area (Å²) < 4.78 is 50.2. The normalized spacial score (nSPS) is 29.3. The summed E-state index contributed by atoms with van der Waals surface area (Å²) in [6.45, 7) is -1.07. The highest BCUT2D eigenvalue weighted by molar-refractivity contribution is 7.66. The smallest absolute Gasteiger partial charge is 0.387 e. The van der Waals surface area contributed by atoms with Crippen LogP contribution < -0.4 is 11.2 Å². The molecule has 0 radical (unpaired) electrons. The van der Waals surface area contributed by atoms with E-state index in [9.17, 15) is 38.4 Å². The Balaban J connectivity index is 2.06. The van der Waals surface area contributed by atoms with Gasteiger partial charge in [-0.1, -0.05) is 0 Å². The fourth-order valence-corrected chi connectivity index (χ4v) is 5.11. The van der Waals surface area contributed by atoms with E-state index in [-0.39, 0.29) is 0 Å². The lowest BCUT2D eigenvalue weighted by Gasteiger charge is -2.19. The van der Waals surface area contributed by atoms with Crippen LogP contribution in [0.3, 0.4) is 0 Å². The number of hydrogen-bond acceptors (Lipinski definition) is 12. The Morgan fingerprint density at radius 3 is 2.24 bits per heavy atom. The van der Waals surface area contributed by atoms with Crippen LogP contribution >= 0.6 is 23.5 Å². The van der Waals surface area contributed by atoms with Crippen LogP contribution in [0.15, 0.2) is 15.8 Å². The van der Waals surface area contributed by atoms with Gasteiger partial charge in [0.25, 0.3) is 5.56 Å². The van der Waals surface area contributed by atoms with Gasteiger partial charge in [-0.2, -0.15) is 18.4 Å². The summed E-state index contributed by atoms with van der Waals surface area (Å²) in [5.74, 6) is 0. The third-order valence-corrected chi connectivity index (χ3v) is 6.94. The Kier molecular flexibility index (Phi) is 7.14. The number of ether oxygens (including phenoxy) is 1. The second-order valence-corrected chi connectivity index (χ2v) is 9.74. The van der Waals surface area contributed by atoms with Crippen molar-refractivity contribution >= 4 is 23.5 Å². The van der Waals surface area contributed by atoms with E-state index in [2.05, 4.69) is 18.2 Å². The molecule has 1 aliphatic heterocycles. The molecule has 1 aromatic heterocycles. The van der Waals surface area contributed by atoms with Crippen molar-refractivity contribution < 1.29 is 61.4 Å². The Bertz CT molecular complexity index is 999. The van der Waals surface area contributed by atoms with E-state index in [0.29, 0.717) is 10.9 Å². The third-order valence-electron chi connectivity index (χ3n) is 3.13. The number of phosphoric ester groups is 1. The molecule has 166 valence electrons. The molecule has 29 heavy (non-hydrogen) atoms. The molecule has 4 unspecified atom stereocenters. The number of H-pyrrole nitrogens is 1. The Labute approximate surface area is 158 Å². The van der Waals surface area contributed by atoms with Crippen LogP contribution in [0, 0.1) is 0 Å². The molecule has 0 amide bonds. The molecule has 0 aromatic carbocycles. The van der Waals surface area contributed by atoms with Gasteiger partial charge in [-0.05, 0) is 0 Å². The van der Waals surface area contributed by atoms with Crippen LogP contribution in [-0.4, -0.2) is 69.5 Å². The first-order valence-corrected chi connectivity index (χ1v) is 11.6. The predicted molar refractivity (Wildman–Crippen MR) is 84.9 cm³/mol. The van der Waals surface area contributed by atoms with Crippen molar-refractivity contribution in [3.05, 3.63) is 27.0 Å². The van der Waals surface area contributed by atoms with Crippen LogP contribution in [-0.2, 0) is 31.6 Å². The molecule has 1 saturated heterocycles. The number of phosphoric acid groups is 3. The number of nitrogens with one attached hydrogen (secondary N) is 1. The SMILES string of the molecule is O=c1cnn([C@H]2O[C@@H](COP(=O)(O)OP(=O)(O)OP(=O)(O)O)C(O)C2O)c(=O)[nH]1. The molecule has 1 aliphatic rings. The predicted octanol–water partition coefficient (Wildman–Crippen LogP) is -3.11.